The standard InChI is InChI=1S/C19H19ClN2O4/c1-11-4-3-5-12(2)17(11)22-16(23)10-21-19(24)13-8-14(20)18-15(9-13)25-6-7-26-18/h3-5,8-9H,6-7,10H2,1-2H3,(H,21,24)(H,22,23). The lowest BCUT2D eigenvalue weighted by Gasteiger charge is -2.20. The number of carbonyl (C=O) groups is 2. The number of benzene rings is 2. The molecule has 0 radical (unpaired) electrons. The Morgan fingerprint density at radius 3 is 2.54 bits per heavy atom. The van der Waals surface area contributed by atoms with Crippen molar-refractivity contribution in [3.05, 3.63) is 52.0 Å². The summed E-state index contributed by atoms with van der Waals surface area (Å²) in [6.45, 7) is 4.48. The molecule has 2 amide bonds. The molecule has 0 fully saturated rings. The van der Waals surface area contributed by atoms with Crippen LogP contribution in [0.1, 0.15) is 21.5 Å². The average Bonchev–Trinajstić information content (AvgIpc) is 2.63. The largest absolute Gasteiger partial charge is 0.486 e. The first-order valence-corrected chi connectivity index (χ1v) is 8.57. The molecule has 0 saturated heterocycles. The van der Waals surface area contributed by atoms with Crippen molar-refractivity contribution in [1.29, 1.82) is 0 Å². The summed E-state index contributed by atoms with van der Waals surface area (Å²) in [5.74, 6) is 0.135. The molecule has 2 aromatic carbocycles. The van der Waals surface area contributed by atoms with E-state index in [1.165, 1.54) is 6.07 Å². The molecule has 26 heavy (non-hydrogen) atoms. The molecule has 0 saturated carbocycles. The van der Waals surface area contributed by atoms with Crippen LogP contribution in [0.4, 0.5) is 5.69 Å². The maximum absolute atomic E-state index is 12.3. The molecule has 136 valence electrons. The third-order valence-corrected chi connectivity index (χ3v) is 4.29. The van der Waals surface area contributed by atoms with Crippen molar-refractivity contribution >= 4 is 29.1 Å². The number of carbonyl (C=O) groups excluding carboxylic acids is 2. The van der Waals surface area contributed by atoms with E-state index in [1.54, 1.807) is 6.07 Å². The van der Waals surface area contributed by atoms with Crippen molar-refractivity contribution in [3.63, 3.8) is 0 Å². The highest BCUT2D eigenvalue weighted by Gasteiger charge is 2.19. The quantitative estimate of drug-likeness (QED) is 0.862. The molecular formula is C19H19ClN2O4. The van der Waals surface area contributed by atoms with Crippen LogP contribution in [0.25, 0.3) is 0 Å². The summed E-state index contributed by atoms with van der Waals surface area (Å²) < 4.78 is 10.9. The first kappa shape index (κ1) is 18.1. The Labute approximate surface area is 156 Å². The predicted molar refractivity (Wildman–Crippen MR) is 99.3 cm³/mol. The van der Waals surface area contributed by atoms with Crippen molar-refractivity contribution in [1.82, 2.24) is 5.32 Å². The smallest absolute Gasteiger partial charge is 0.251 e. The van der Waals surface area contributed by atoms with E-state index < -0.39 is 5.91 Å². The molecule has 3 rings (SSSR count). The second kappa shape index (κ2) is 7.66. The maximum atomic E-state index is 12.3. The van der Waals surface area contributed by atoms with Crippen LogP contribution in [0.15, 0.2) is 30.3 Å². The highest BCUT2D eigenvalue weighted by Crippen LogP contribution is 2.38. The van der Waals surface area contributed by atoms with Gasteiger partial charge in [0.1, 0.15) is 13.2 Å². The summed E-state index contributed by atoms with van der Waals surface area (Å²) in [7, 11) is 0. The fraction of sp³-hybridized carbons (Fsp3) is 0.263. The fourth-order valence-corrected chi connectivity index (χ4v) is 2.97. The second-order valence-electron chi connectivity index (χ2n) is 5.98. The summed E-state index contributed by atoms with van der Waals surface area (Å²) in [6.07, 6.45) is 0. The summed E-state index contributed by atoms with van der Waals surface area (Å²) >= 11 is 6.13. The molecule has 0 aliphatic carbocycles. The van der Waals surface area contributed by atoms with Crippen LogP contribution < -0.4 is 20.1 Å². The normalized spacial score (nSPS) is 12.4. The maximum Gasteiger partial charge on any atom is 0.251 e. The molecule has 1 aliphatic heterocycles. The van der Waals surface area contributed by atoms with E-state index in [4.69, 9.17) is 21.1 Å². The number of nitrogens with one attached hydrogen (secondary N) is 2. The van der Waals surface area contributed by atoms with Gasteiger partial charge in [0.2, 0.25) is 5.91 Å². The SMILES string of the molecule is Cc1cccc(C)c1NC(=O)CNC(=O)c1cc(Cl)c2c(c1)OCCO2. The van der Waals surface area contributed by atoms with Gasteiger partial charge in [0.25, 0.3) is 5.91 Å². The van der Waals surface area contributed by atoms with E-state index in [9.17, 15) is 9.59 Å². The predicted octanol–water partition coefficient (Wildman–Crippen LogP) is 3.10. The van der Waals surface area contributed by atoms with E-state index in [0.29, 0.717) is 35.3 Å². The Kier molecular flexibility index (Phi) is 5.32. The Morgan fingerprint density at radius 2 is 1.81 bits per heavy atom. The first-order chi connectivity index (χ1) is 12.5. The van der Waals surface area contributed by atoms with Crippen LogP contribution in [-0.2, 0) is 4.79 Å². The van der Waals surface area contributed by atoms with Gasteiger partial charge in [0, 0.05) is 11.3 Å². The van der Waals surface area contributed by atoms with E-state index >= 15 is 0 Å². The van der Waals surface area contributed by atoms with Gasteiger partial charge in [0.05, 0.1) is 11.6 Å². The zero-order valence-electron chi connectivity index (χ0n) is 14.5. The van der Waals surface area contributed by atoms with Crippen molar-refractivity contribution in [2.45, 2.75) is 13.8 Å². The third kappa shape index (κ3) is 3.91. The minimum absolute atomic E-state index is 0.154. The van der Waals surface area contributed by atoms with Crippen LogP contribution in [0.5, 0.6) is 11.5 Å². The van der Waals surface area contributed by atoms with Gasteiger partial charge in [-0.15, -0.1) is 0 Å². The van der Waals surface area contributed by atoms with Gasteiger partial charge in [-0.3, -0.25) is 9.59 Å². The molecule has 1 aliphatic rings. The lowest BCUT2D eigenvalue weighted by molar-refractivity contribution is -0.115. The van der Waals surface area contributed by atoms with Crippen molar-refractivity contribution in [2.75, 3.05) is 25.1 Å². The second-order valence-corrected chi connectivity index (χ2v) is 6.39. The van der Waals surface area contributed by atoms with Crippen LogP contribution in [0.3, 0.4) is 0 Å². The van der Waals surface area contributed by atoms with E-state index in [2.05, 4.69) is 10.6 Å². The van der Waals surface area contributed by atoms with Gasteiger partial charge < -0.3 is 20.1 Å². The number of fused-ring (bicyclic) bond motifs is 1. The molecule has 1 heterocycles. The zero-order valence-corrected chi connectivity index (χ0v) is 15.3. The number of halogens is 1. The molecule has 0 unspecified atom stereocenters. The first-order valence-electron chi connectivity index (χ1n) is 8.19. The summed E-state index contributed by atoms with van der Waals surface area (Å²) in [6, 6.07) is 8.80. The Bertz CT molecular complexity index is 847. The molecule has 0 bridgehead atoms. The Hall–Kier alpha value is -2.73. The average molecular weight is 375 g/mol. The van der Waals surface area contributed by atoms with Crippen molar-refractivity contribution in [3.8, 4) is 11.5 Å². The van der Waals surface area contributed by atoms with Crippen molar-refractivity contribution in [2.24, 2.45) is 0 Å². The molecule has 0 spiro atoms. The summed E-state index contributed by atoms with van der Waals surface area (Å²) in [5.41, 5.74) is 2.99. The summed E-state index contributed by atoms with van der Waals surface area (Å²) in [5, 5.41) is 5.71. The topological polar surface area (TPSA) is 76.7 Å². The molecule has 6 nitrogen and oxygen atoms in total. The van der Waals surface area contributed by atoms with Gasteiger partial charge in [-0.25, -0.2) is 0 Å². The zero-order chi connectivity index (χ0) is 18.7. The fourth-order valence-electron chi connectivity index (χ4n) is 2.70. The molecule has 0 aromatic heterocycles. The highest BCUT2D eigenvalue weighted by molar-refractivity contribution is 6.32. The number of para-hydroxylation sites is 1. The summed E-state index contributed by atoms with van der Waals surface area (Å²) in [4.78, 5) is 24.5. The number of ether oxygens (including phenoxy) is 2. The number of rotatable bonds is 4. The minimum Gasteiger partial charge on any atom is -0.486 e. The van der Waals surface area contributed by atoms with E-state index in [-0.39, 0.29) is 12.5 Å². The monoisotopic (exact) mass is 374 g/mol. The molecule has 2 aromatic rings. The molecule has 0 atom stereocenters. The van der Waals surface area contributed by atoms with Crippen LogP contribution in [-0.4, -0.2) is 31.6 Å². The lowest BCUT2D eigenvalue weighted by Crippen LogP contribution is -2.33. The molecular weight excluding hydrogens is 356 g/mol. The van der Waals surface area contributed by atoms with Crippen LogP contribution >= 0.6 is 11.6 Å². The Balaban J connectivity index is 1.64. The van der Waals surface area contributed by atoms with Crippen molar-refractivity contribution < 1.29 is 19.1 Å². The highest BCUT2D eigenvalue weighted by atomic mass is 35.5. The molecule has 2 N–H and O–H groups in total. The van der Waals surface area contributed by atoms with Crippen LogP contribution in [0.2, 0.25) is 5.02 Å². The van der Waals surface area contributed by atoms with E-state index in [0.717, 1.165) is 16.8 Å². The lowest BCUT2D eigenvalue weighted by atomic mass is 10.1. The number of anilines is 1. The number of hydrogen-bond acceptors (Lipinski definition) is 4. The minimum atomic E-state index is -0.416. The van der Waals surface area contributed by atoms with Crippen LogP contribution in [0, 0.1) is 13.8 Å². The van der Waals surface area contributed by atoms with Gasteiger partial charge in [-0.1, -0.05) is 29.8 Å². The van der Waals surface area contributed by atoms with Gasteiger partial charge in [-0.05, 0) is 37.1 Å². The number of amides is 2. The molecule has 7 heteroatoms. The van der Waals surface area contributed by atoms with E-state index in [1.807, 2.05) is 32.0 Å². The number of aryl methyl sites for hydroxylation is 2. The number of hydrogen-bond donors (Lipinski definition) is 2. The Morgan fingerprint density at radius 1 is 1.12 bits per heavy atom. The van der Waals surface area contributed by atoms with Gasteiger partial charge >= 0.3 is 0 Å². The van der Waals surface area contributed by atoms with Gasteiger partial charge in [0.15, 0.2) is 11.5 Å². The third-order valence-electron chi connectivity index (χ3n) is 4.01. The van der Waals surface area contributed by atoms with Gasteiger partial charge in [-0.2, -0.15) is 0 Å².